The SMILES string of the molecule is O=C(Nc1cccc(C2CC(c3c(Cl)cccc3N3CCN(c4ccc(C(F)(F)F)cn4)CC3)=NO2)c1)C(Cl)Cl. The molecule has 5 rings (SSSR count). The van der Waals surface area contributed by atoms with E-state index in [2.05, 4.69) is 20.4 Å². The van der Waals surface area contributed by atoms with Gasteiger partial charge in [0.25, 0.3) is 5.91 Å². The van der Waals surface area contributed by atoms with Crippen molar-refractivity contribution in [1.82, 2.24) is 4.98 Å². The molecule has 2 aliphatic heterocycles. The van der Waals surface area contributed by atoms with Crippen LogP contribution >= 0.6 is 34.8 Å². The van der Waals surface area contributed by atoms with E-state index < -0.39 is 22.5 Å². The molecule has 0 aliphatic carbocycles. The van der Waals surface area contributed by atoms with Gasteiger partial charge in [-0.05, 0) is 42.0 Å². The Morgan fingerprint density at radius 1 is 1.02 bits per heavy atom. The average Bonchev–Trinajstić information content (AvgIpc) is 3.43. The van der Waals surface area contributed by atoms with Crippen LogP contribution in [-0.2, 0) is 15.8 Å². The third kappa shape index (κ3) is 6.24. The van der Waals surface area contributed by atoms with Crippen molar-refractivity contribution < 1.29 is 22.8 Å². The van der Waals surface area contributed by atoms with Crippen molar-refractivity contribution in [2.75, 3.05) is 41.3 Å². The molecule has 0 bridgehead atoms. The van der Waals surface area contributed by atoms with Gasteiger partial charge >= 0.3 is 6.18 Å². The smallest absolute Gasteiger partial charge is 0.387 e. The summed E-state index contributed by atoms with van der Waals surface area (Å²) in [6.07, 6.45) is -3.49. The molecule has 40 heavy (non-hydrogen) atoms. The Labute approximate surface area is 243 Å². The summed E-state index contributed by atoms with van der Waals surface area (Å²) in [6, 6.07) is 15.2. The van der Waals surface area contributed by atoms with Crippen molar-refractivity contribution in [1.29, 1.82) is 0 Å². The lowest BCUT2D eigenvalue weighted by molar-refractivity contribution is -0.137. The molecule has 1 unspecified atom stereocenters. The van der Waals surface area contributed by atoms with E-state index in [0.29, 0.717) is 54.8 Å². The summed E-state index contributed by atoms with van der Waals surface area (Å²) in [5.41, 5.74) is 2.92. The van der Waals surface area contributed by atoms with Gasteiger partial charge in [0.05, 0.1) is 16.3 Å². The highest BCUT2D eigenvalue weighted by molar-refractivity contribution is 6.54. The second kappa shape index (κ2) is 11.7. The molecule has 2 aromatic carbocycles. The number of aromatic nitrogens is 1. The Morgan fingerprint density at radius 3 is 2.42 bits per heavy atom. The predicted octanol–water partition coefficient (Wildman–Crippen LogP) is 6.69. The Balaban J connectivity index is 1.28. The molecular weight excluding hydrogens is 590 g/mol. The van der Waals surface area contributed by atoms with Crippen molar-refractivity contribution in [3.8, 4) is 0 Å². The van der Waals surface area contributed by atoms with Gasteiger partial charge in [-0.25, -0.2) is 4.98 Å². The summed E-state index contributed by atoms with van der Waals surface area (Å²) in [5.74, 6) is -0.0268. The van der Waals surface area contributed by atoms with Crippen LogP contribution in [0.2, 0.25) is 5.02 Å². The molecule has 1 fully saturated rings. The van der Waals surface area contributed by atoms with Gasteiger partial charge in [0.2, 0.25) is 0 Å². The van der Waals surface area contributed by atoms with Gasteiger partial charge in [-0.15, -0.1) is 0 Å². The zero-order valence-electron chi connectivity index (χ0n) is 20.8. The molecule has 1 amide bonds. The van der Waals surface area contributed by atoms with Gasteiger partial charge < -0.3 is 20.0 Å². The molecule has 3 heterocycles. The topological polar surface area (TPSA) is 70.1 Å². The molecular formula is C27H23Cl3F3N5O2. The van der Waals surface area contributed by atoms with Crippen molar-refractivity contribution in [3.05, 3.63) is 82.5 Å². The first kappa shape index (κ1) is 28.3. The van der Waals surface area contributed by atoms with Crippen molar-refractivity contribution in [2.24, 2.45) is 5.16 Å². The van der Waals surface area contributed by atoms with Gasteiger partial charge in [0.1, 0.15) is 5.82 Å². The quantitative estimate of drug-likeness (QED) is 0.314. The van der Waals surface area contributed by atoms with Crippen molar-refractivity contribution >= 4 is 63.6 Å². The molecule has 0 spiro atoms. The van der Waals surface area contributed by atoms with Crippen LogP contribution in [0.5, 0.6) is 0 Å². The number of rotatable bonds is 6. The number of piperazine rings is 1. The summed E-state index contributed by atoms with van der Waals surface area (Å²) in [4.78, 5) is 24.6. The van der Waals surface area contributed by atoms with Crippen LogP contribution in [0.25, 0.3) is 0 Å². The average molecular weight is 613 g/mol. The molecule has 7 nitrogen and oxygen atoms in total. The summed E-state index contributed by atoms with van der Waals surface area (Å²) >= 11 is 17.9. The number of carbonyl (C=O) groups is 1. The lowest BCUT2D eigenvalue weighted by Gasteiger charge is -2.37. The standard InChI is InChI=1S/C27H23Cl3F3N5O2/c28-19-5-2-6-21(37-9-11-38(12-10-37)23-8-7-17(15-34-23)27(31,32)33)24(19)20-14-22(40-36-20)16-3-1-4-18(13-16)35-26(39)25(29)30/h1-8,13,15,22,25H,9-12,14H2,(H,35,39). The number of nitrogens with zero attached hydrogens (tertiary/aromatic N) is 4. The van der Waals surface area contributed by atoms with E-state index in [4.69, 9.17) is 39.6 Å². The van der Waals surface area contributed by atoms with E-state index in [1.165, 1.54) is 6.07 Å². The first-order valence-corrected chi connectivity index (χ1v) is 13.6. The summed E-state index contributed by atoms with van der Waals surface area (Å²) < 4.78 is 38.7. The third-order valence-corrected chi connectivity index (χ3v) is 7.40. The first-order chi connectivity index (χ1) is 19.1. The number of benzene rings is 2. The molecule has 210 valence electrons. The fraction of sp³-hybridized carbons (Fsp3) is 0.296. The molecule has 1 saturated heterocycles. The van der Waals surface area contributed by atoms with Gasteiger partial charge in [-0.3, -0.25) is 4.79 Å². The van der Waals surface area contributed by atoms with Crippen LogP contribution in [0.3, 0.4) is 0 Å². The zero-order chi connectivity index (χ0) is 28.4. The number of amides is 1. The predicted molar refractivity (Wildman–Crippen MR) is 151 cm³/mol. The molecule has 3 aromatic rings. The molecule has 1 atom stereocenters. The highest BCUT2D eigenvalue weighted by Crippen LogP contribution is 2.37. The number of carbonyl (C=O) groups excluding carboxylic acids is 1. The molecule has 0 saturated carbocycles. The van der Waals surface area contributed by atoms with Crippen LogP contribution in [0.1, 0.15) is 29.2 Å². The number of alkyl halides is 5. The van der Waals surface area contributed by atoms with Gasteiger partial charge in [-0.2, -0.15) is 13.2 Å². The zero-order valence-corrected chi connectivity index (χ0v) is 23.1. The second-order valence-electron chi connectivity index (χ2n) is 9.26. The fourth-order valence-electron chi connectivity index (χ4n) is 4.70. The van der Waals surface area contributed by atoms with Crippen LogP contribution in [0.15, 0.2) is 65.9 Å². The number of anilines is 3. The van der Waals surface area contributed by atoms with E-state index in [1.54, 1.807) is 24.3 Å². The number of pyridine rings is 1. The highest BCUT2D eigenvalue weighted by Gasteiger charge is 2.32. The van der Waals surface area contributed by atoms with E-state index >= 15 is 0 Å². The monoisotopic (exact) mass is 611 g/mol. The van der Waals surface area contributed by atoms with Gasteiger partial charge in [-0.1, -0.05) is 58.2 Å². The van der Waals surface area contributed by atoms with Crippen LogP contribution < -0.4 is 15.1 Å². The summed E-state index contributed by atoms with van der Waals surface area (Å²) in [6.45, 7) is 2.36. The van der Waals surface area contributed by atoms with Crippen molar-refractivity contribution in [2.45, 2.75) is 23.5 Å². The highest BCUT2D eigenvalue weighted by atomic mass is 35.5. The van der Waals surface area contributed by atoms with Crippen molar-refractivity contribution in [3.63, 3.8) is 0 Å². The Kier molecular flexibility index (Phi) is 8.30. The van der Waals surface area contributed by atoms with Crippen LogP contribution in [0.4, 0.5) is 30.4 Å². The van der Waals surface area contributed by atoms with E-state index in [9.17, 15) is 18.0 Å². The Morgan fingerprint density at radius 2 is 1.75 bits per heavy atom. The largest absolute Gasteiger partial charge is 0.417 e. The lowest BCUT2D eigenvalue weighted by atomic mass is 9.98. The third-order valence-electron chi connectivity index (χ3n) is 6.69. The maximum Gasteiger partial charge on any atom is 0.417 e. The minimum Gasteiger partial charge on any atom is -0.387 e. The number of hydrogen-bond acceptors (Lipinski definition) is 6. The minimum absolute atomic E-state index is 0.388. The number of nitrogens with one attached hydrogen (secondary N) is 1. The Hall–Kier alpha value is -3.21. The maximum atomic E-state index is 12.9. The molecule has 1 N–H and O–H groups in total. The summed E-state index contributed by atoms with van der Waals surface area (Å²) in [5, 5.41) is 7.54. The Bertz CT molecular complexity index is 1410. The minimum atomic E-state index is -4.42. The van der Waals surface area contributed by atoms with E-state index in [0.717, 1.165) is 29.1 Å². The number of halogens is 6. The van der Waals surface area contributed by atoms with Crippen LogP contribution in [0, 0.1) is 0 Å². The van der Waals surface area contributed by atoms with Gasteiger partial charge in [0, 0.05) is 55.7 Å². The van der Waals surface area contributed by atoms with E-state index in [1.807, 2.05) is 23.1 Å². The number of hydrogen-bond donors (Lipinski definition) is 1. The maximum absolute atomic E-state index is 12.9. The fourth-order valence-corrected chi connectivity index (χ4v) is 5.08. The molecule has 13 heteroatoms. The molecule has 0 radical (unpaired) electrons. The van der Waals surface area contributed by atoms with Crippen LogP contribution in [-0.4, -0.2) is 47.6 Å². The molecule has 1 aromatic heterocycles. The van der Waals surface area contributed by atoms with Gasteiger partial charge in [0.15, 0.2) is 10.9 Å². The number of oxime groups is 1. The normalized spacial score (nSPS) is 17.6. The lowest BCUT2D eigenvalue weighted by Crippen LogP contribution is -2.47. The molecule has 2 aliphatic rings. The van der Waals surface area contributed by atoms with E-state index in [-0.39, 0.29) is 6.10 Å². The second-order valence-corrected chi connectivity index (χ2v) is 10.8. The first-order valence-electron chi connectivity index (χ1n) is 12.3. The summed E-state index contributed by atoms with van der Waals surface area (Å²) in [7, 11) is 0.